The lowest BCUT2D eigenvalue weighted by molar-refractivity contribution is -0.128. The highest BCUT2D eigenvalue weighted by molar-refractivity contribution is 6.07. The zero-order valence-electron chi connectivity index (χ0n) is 13.1. The molecule has 5 nitrogen and oxygen atoms in total. The third-order valence-corrected chi connectivity index (χ3v) is 5.69. The Balaban J connectivity index is 1.67. The first-order chi connectivity index (χ1) is 10.1. The molecule has 1 spiro atoms. The van der Waals surface area contributed by atoms with Gasteiger partial charge in [-0.3, -0.25) is 10.1 Å². The molecule has 0 aromatic rings. The minimum absolute atomic E-state index is 0.0517. The highest BCUT2D eigenvalue weighted by Crippen LogP contribution is 2.37. The molecule has 21 heavy (non-hydrogen) atoms. The molecule has 0 bridgehead atoms. The number of piperidine rings is 1. The normalized spacial score (nSPS) is 30.0. The first kappa shape index (κ1) is 14.8. The van der Waals surface area contributed by atoms with Crippen molar-refractivity contribution in [2.45, 2.75) is 69.4 Å². The van der Waals surface area contributed by atoms with Crippen molar-refractivity contribution in [2.24, 2.45) is 0 Å². The van der Waals surface area contributed by atoms with Crippen LogP contribution in [0.2, 0.25) is 0 Å². The second kappa shape index (κ2) is 5.95. The topological polar surface area (TPSA) is 52.6 Å². The highest BCUT2D eigenvalue weighted by atomic mass is 16.2. The van der Waals surface area contributed by atoms with Crippen molar-refractivity contribution >= 4 is 11.9 Å². The van der Waals surface area contributed by atoms with Crippen molar-refractivity contribution in [3.63, 3.8) is 0 Å². The molecular formula is C16H27N3O2. The lowest BCUT2D eigenvalue weighted by Gasteiger charge is -2.40. The Kier molecular flexibility index (Phi) is 4.20. The van der Waals surface area contributed by atoms with Gasteiger partial charge in [-0.15, -0.1) is 0 Å². The number of rotatable bonds is 3. The number of carbonyl (C=O) groups is 2. The maximum absolute atomic E-state index is 12.3. The van der Waals surface area contributed by atoms with Crippen molar-refractivity contribution in [2.75, 3.05) is 20.1 Å². The number of imide groups is 1. The maximum atomic E-state index is 12.3. The Hall–Kier alpha value is -1.10. The van der Waals surface area contributed by atoms with Gasteiger partial charge in [-0.25, -0.2) is 4.79 Å². The summed E-state index contributed by atoms with van der Waals surface area (Å²) in [5, 5.41) is 2.56. The molecule has 3 aliphatic rings. The predicted molar refractivity (Wildman–Crippen MR) is 80.9 cm³/mol. The molecule has 0 aromatic heterocycles. The Bertz CT molecular complexity index is 418. The number of urea groups is 1. The van der Waals surface area contributed by atoms with Gasteiger partial charge in [-0.2, -0.15) is 0 Å². The average molecular weight is 293 g/mol. The van der Waals surface area contributed by atoms with Crippen LogP contribution in [0.15, 0.2) is 0 Å². The molecule has 1 atom stereocenters. The molecule has 2 aliphatic heterocycles. The van der Waals surface area contributed by atoms with Gasteiger partial charge in [0.1, 0.15) is 5.54 Å². The summed E-state index contributed by atoms with van der Waals surface area (Å²) in [6.07, 6.45) is 9.73. The number of nitrogens with one attached hydrogen (secondary N) is 1. The first-order valence-electron chi connectivity index (χ1n) is 8.47. The van der Waals surface area contributed by atoms with Crippen LogP contribution in [-0.2, 0) is 4.79 Å². The van der Waals surface area contributed by atoms with E-state index in [-0.39, 0.29) is 11.9 Å². The molecule has 2 heterocycles. The van der Waals surface area contributed by atoms with E-state index in [0.717, 1.165) is 38.6 Å². The van der Waals surface area contributed by atoms with Crippen LogP contribution in [0.25, 0.3) is 0 Å². The SMILES string of the molecule is CN1CCCCC1CCN1C(=O)NC(=O)C12CCCCC2. The Morgan fingerprint density at radius 1 is 1.14 bits per heavy atom. The van der Waals surface area contributed by atoms with E-state index in [0.29, 0.717) is 12.6 Å². The molecule has 3 fully saturated rings. The van der Waals surface area contributed by atoms with Gasteiger partial charge in [0.25, 0.3) is 5.91 Å². The number of amides is 3. The van der Waals surface area contributed by atoms with Crippen molar-refractivity contribution in [1.29, 1.82) is 0 Å². The maximum Gasteiger partial charge on any atom is 0.325 e. The van der Waals surface area contributed by atoms with Crippen LogP contribution >= 0.6 is 0 Å². The van der Waals surface area contributed by atoms with E-state index >= 15 is 0 Å². The summed E-state index contributed by atoms with van der Waals surface area (Å²) >= 11 is 0. The van der Waals surface area contributed by atoms with Crippen LogP contribution in [0, 0.1) is 0 Å². The van der Waals surface area contributed by atoms with E-state index in [4.69, 9.17) is 0 Å². The first-order valence-corrected chi connectivity index (χ1v) is 8.47. The van der Waals surface area contributed by atoms with Gasteiger partial charge in [0, 0.05) is 12.6 Å². The second-order valence-electron chi connectivity index (χ2n) is 6.92. The molecule has 3 rings (SSSR count). The number of nitrogens with zero attached hydrogens (tertiary/aromatic N) is 2. The minimum atomic E-state index is -0.525. The Morgan fingerprint density at radius 2 is 1.90 bits per heavy atom. The van der Waals surface area contributed by atoms with E-state index in [1.807, 2.05) is 4.90 Å². The summed E-state index contributed by atoms with van der Waals surface area (Å²) in [6.45, 7) is 1.87. The van der Waals surface area contributed by atoms with Crippen LogP contribution in [0.1, 0.15) is 57.8 Å². The van der Waals surface area contributed by atoms with Gasteiger partial charge in [0.05, 0.1) is 0 Å². The van der Waals surface area contributed by atoms with Crippen LogP contribution in [0.5, 0.6) is 0 Å². The third kappa shape index (κ3) is 2.68. The minimum Gasteiger partial charge on any atom is -0.310 e. The summed E-state index contributed by atoms with van der Waals surface area (Å²) in [5.41, 5.74) is -0.525. The van der Waals surface area contributed by atoms with E-state index in [1.54, 1.807) is 0 Å². The summed E-state index contributed by atoms with van der Waals surface area (Å²) in [6, 6.07) is 0.392. The molecule has 1 saturated carbocycles. The molecule has 3 amide bonds. The number of hydrogen-bond acceptors (Lipinski definition) is 3. The standard InChI is InChI=1S/C16H27N3O2/c1-18-11-6-3-7-13(18)8-12-19-15(21)17-14(20)16(19)9-4-2-5-10-16/h13H,2-12H2,1H3,(H,17,20,21). The largest absolute Gasteiger partial charge is 0.325 e. The number of hydrogen-bond donors (Lipinski definition) is 1. The molecule has 0 radical (unpaired) electrons. The Labute approximate surface area is 127 Å². The quantitative estimate of drug-likeness (QED) is 0.811. The highest BCUT2D eigenvalue weighted by Gasteiger charge is 2.52. The summed E-state index contributed by atoms with van der Waals surface area (Å²) in [7, 11) is 2.18. The zero-order valence-corrected chi connectivity index (χ0v) is 13.1. The fourth-order valence-electron chi connectivity index (χ4n) is 4.33. The smallest absolute Gasteiger partial charge is 0.310 e. The van der Waals surface area contributed by atoms with E-state index in [2.05, 4.69) is 17.3 Å². The van der Waals surface area contributed by atoms with Gasteiger partial charge in [-0.05, 0) is 45.7 Å². The molecule has 1 N–H and O–H groups in total. The van der Waals surface area contributed by atoms with E-state index in [9.17, 15) is 9.59 Å². The monoisotopic (exact) mass is 293 g/mol. The molecule has 2 saturated heterocycles. The van der Waals surface area contributed by atoms with E-state index in [1.165, 1.54) is 25.7 Å². The molecule has 1 unspecified atom stereocenters. The fourth-order valence-corrected chi connectivity index (χ4v) is 4.33. The number of likely N-dealkylation sites (tertiary alicyclic amines) is 1. The summed E-state index contributed by atoms with van der Waals surface area (Å²) in [5.74, 6) is -0.0517. The van der Waals surface area contributed by atoms with Crippen molar-refractivity contribution in [3.8, 4) is 0 Å². The lowest BCUT2D eigenvalue weighted by Crippen LogP contribution is -2.52. The molecule has 5 heteroatoms. The van der Waals surface area contributed by atoms with Crippen LogP contribution in [0.3, 0.4) is 0 Å². The second-order valence-corrected chi connectivity index (χ2v) is 6.92. The summed E-state index contributed by atoms with van der Waals surface area (Å²) < 4.78 is 0. The molecule has 1 aliphatic carbocycles. The zero-order chi connectivity index (χ0) is 14.9. The average Bonchev–Trinajstić information content (AvgIpc) is 2.70. The van der Waals surface area contributed by atoms with Gasteiger partial charge in [0.2, 0.25) is 0 Å². The fraction of sp³-hybridized carbons (Fsp3) is 0.875. The number of carbonyl (C=O) groups excluding carboxylic acids is 2. The van der Waals surface area contributed by atoms with Crippen LogP contribution in [0.4, 0.5) is 4.79 Å². The summed E-state index contributed by atoms with van der Waals surface area (Å²) in [4.78, 5) is 28.8. The van der Waals surface area contributed by atoms with Gasteiger partial charge in [-0.1, -0.05) is 25.7 Å². The molecule has 118 valence electrons. The lowest BCUT2D eigenvalue weighted by atomic mass is 9.80. The molecular weight excluding hydrogens is 266 g/mol. The van der Waals surface area contributed by atoms with Crippen molar-refractivity contribution < 1.29 is 9.59 Å². The van der Waals surface area contributed by atoms with Gasteiger partial charge in [0.15, 0.2) is 0 Å². The van der Waals surface area contributed by atoms with Crippen LogP contribution < -0.4 is 5.32 Å². The van der Waals surface area contributed by atoms with E-state index < -0.39 is 5.54 Å². The third-order valence-electron chi connectivity index (χ3n) is 5.69. The van der Waals surface area contributed by atoms with Gasteiger partial charge >= 0.3 is 6.03 Å². The van der Waals surface area contributed by atoms with Crippen molar-refractivity contribution in [1.82, 2.24) is 15.1 Å². The Morgan fingerprint density at radius 3 is 2.62 bits per heavy atom. The van der Waals surface area contributed by atoms with Gasteiger partial charge < -0.3 is 9.80 Å². The molecule has 0 aromatic carbocycles. The predicted octanol–water partition coefficient (Wildman–Crippen LogP) is 2.12. The van der Waals surface area contributed by atoms with Crippen LogP contribution in [-0.4, -0.2) is 53.5 Å². The van der Waals surface area contributed by atoms with Crippen molar-refractivity contribution in [3.05, 3.63) is 0 Å².